The Labute approximate surface area is 174 Å². The molecule has 0 amide bonds. The van der Waals surface area contributed by atoms with Gasteiger partial charge in [-0.15, -0.1) is 24.0 Å². The summed E-state index contributed by atoms with van der Waals surface area (Å²) in [5.41, 5.74) is 0.365. The zero-order valence-electron chi connectivity index (χ0n) is 15.9. The number of ether oxygens (including phenoxy) is 3. The number of halogens is 1. The van der Waals surface area contributed by atoms with Crippen LogP contribution in [0.5, 0.6) is 0 Å². The Kier molecular flexibility index (Phi) is 7.44. The minimum atomic E-state index is 0. The molecule has 0 aromatic rings. The summed E-state index contributed by atoms with van der Waals surface area (Å²) in [6.07, 6.45) is 9.31. The second-order valence-corrected chi connectivity index (χ2v) is 8.02. The van der Waals surface area contributed by atoms with Gasteiger partial charge in [-0.2, -0.15) is 0 Å². The zero-order chi connectivity index (χ0) is 17.1. The second kappa shape index (κ2) is 9.39. The highest BCUT2D eigenvalue weighted by Gasteiger charge is 2.65. The lowest BCUT2D eigenvalue weighted by Crippen LogP contribution is -2.69. The fraction of sp³-hybridized carbons (Fsp3) is 0.947. The number of nitrogens with zero attached hydrogens (tertiary/aromatic N) is 1. The minimum Gasteiger partial charge on any atom is -0.379 e. The quantitative estimate of drug-likeness (QED) is 0.265. The Morgan fingerprint density at radius 2 is 2.08 bits per heavy atom. The molecule has 150 valence electrons. The molecule has 4 atom stereocenters. The van der Waals surface area contributed by atoms with Crippen molar-refractivity contribution in [1.82, 2.24) is 10.6 Å². The first-order valence-electron chi connectivity index (χ1n) is 10.1. The molecule has 2 saturated carbocycles. The van der Waals surface area contributed by atoms with Crippen LogP contribution < -0.4 is 10.6 Å². The van der Waals surface area contributed by atoms with E-state index in [1.807, 2.05) is 7.05 Å². The van der Waals surface area contributed by atoms with Gasteiger partial charge < -0.3 is 24.8 Å². The van der Waals surface area contributed by atoms with Crippen LogP contribution in [0.15, 0.2) is 4.99 Å². The molecule has 4 fully saturated rings. The van der Waals surface area contributed by atoms with Crippen molar-refractivity contribution >= 4 is 29.9 Å². The maximum atomic E-state index is 6.07. The zero-order valence-corrected chi connectivity index (χ0v) is 18.2. The van der Waals surface area contributed by atoms with Crippen molar-refractivity contribution in [3.05, 3.63) is 0 Å². The first-order chi connectivity index (χ1) is 12.3. The second-order valence-electron chi connectivity index (χ2n) is 8.02. The van der Waals surface area contributed by atoms with Gasteiger partial charge in [0.2, 0.25) is 0 Å². The monoisotopic (exact) mass is 479 g/mol. The Bertz CT molecular complexity index is 479. The molecule has 2 heterocycles. The van der Waals surface area contributed by atoms with E-state index in [4.69, 9.17) is 14.2 Å². The number of fused-ring (bicyclic) bond motifs is 2. The number of aliphatic imine (C=N–C) groups is 1. The first-order valence-corrected chi connectivity index (χ1v) is 10.1. The summed E-state index contributed by atoms with van der Waals surface area (Å²) in [7, 11) is 1.87. The molecule has 4 unspecified atom stereocenters. The van der Waals surface area contributed by atoms with E-state index in [0.29, 0.717) is 29.6 Å². The third-order valence-corrected chi connectivity index (χ3v) is 6.66. The van der Waals surface area contributed by atoms with Crippen molar-refractivity contribution in [2.24, 2.45) is 16.3 Å². The number of rotatable bonds is 6. The van der Waals surface area contributed by atoms with Crippen LogP contribution in [0.3, 0.4) is 0 Å². The molecule has 4 rings (SSSR count). The Balaban J connectivity index is 0.00000196. The van der Waals surface area contributed by atoms with Crippen molar-refractivity contribution in [3.63, 3.8) is 0 Å². The fourth-order valence-corrected chi connectivity index (χ4v) is 5.42. The van der Waals surface area contributed by atoms with Gasteiger partial charge in [0.25, 0.3) is 0 Å². The summed E-state index contributed by atoms with van der Waals surface area (Å²) in [6.45, 7) is 4.20. The van der Waals surface area contributed by atoms with E-state index in [9.17, 15) is 0 Å². The van der Waals surface area contributed by atoms with Gasteiger partial charge >= 0.3 is 0 Å². The summed E-state index contributed by atoms with van der Waals surface area (Å²) in [5.74, 6) is 1.60. The Morgan fingerprint density at radius 1 is 1.23 bits per heavy atom. The van der Waals surface area contributed by atoms with E-state index in [0.717, 1.165) is 51.8 Å². The van der Waals surface area contributed by atoms with Gasteiger partial charge in [-0.3, -0.25) is 4.99 Å². The third-order valence-electron chi connectivity index (χ3n) is 6.66. The van der Waals surface area contributed by atoms with Gasteiger partial charge in [-0.1, -0.05) is 12.8 Å². The van der Waals surface area contributed by atoms with Gasteiger partial charge in [-0.25, -0.2) is 0 Å². The maximum Gasteiger partial charge on any atom is 0.191 e. The lowest BCUT2D eigenvalue weighted by atomic mass is 9.54. The van der Waals surface area contributed by atoms with Crippen LogP contribution in [0, 0.1) is 11.3 Å². The topological polar surface area (TPSA) is 64.1 Å². The van der Waals surface area contributed by atoms with Crippen molar-refractivity contribution in [2.75, 3.05) is 40.0 Å². The SMILES string of the molecule is CN=C(NCCCOC1CCOC1)NC1C2CCOC2C12CCCC2.I. The molecule has 2 aliphatic carbocycles. The molecule has 0 aromatic heterocycles. The number of nitrogens with one attached hydrogen (secondary N) is 2. The predicted molar refractivity (Wildman–Crippen MR) is 112 cm³/mol. The first kappa shape index (κ1) is 20.6. The van der Waals surface area contributed by atoms with Crippen LogP contribution in [0.25, 0.3) is 0 Å². The average Bonchev–Trinajstić information content (AvgIpc) is 3.38. The number of hydrogen-bond donors (Lipinski definition) is 2. The van der Waals surface area contributed by atoms with Crippen molar-refractivity contribution in [1.29, 1.82) is 0 Å². The van der Waals surface area contributed by atoms with Crippen LogP contribution in [0.2, 0.25) is 0 Å². The summed E-state index contributed by atoms with van der Waals surface area (Å²) < 4.78 is 17.2. The summed E-state index contributed by atoms with van der Waals surface area (Å²) in [6, 6.07) is 0.528. The van der Waals surface area contributed by atoms with E-state index >= 15 is 0 Å². The molecule has 0 radical (unpaired) electrons. The molecule has 4 aliphatic rings. The molecular weight excluding hydrogens is 445 g/mol. The van der Waals surface area contributed by atoms with Gasteiger partial charge in [0, 0.05) is 50.8 Å². The smallest absolute Gasteiger partial charge is 0.191 e. The van der Waals surface area contributed by atoms with Gasteiger partial charge in [0.1, 0.15) is 0 Å². The molecule has 2 saturated heterocycles. The standard InChI is InChI=1S/C19H33N3O3.HI/c1-20-18(21-9-4-10-24-14-5-11-23-13-14)22-16-15-6-12-25-17(15)19(16)7-2-3-8-19;/h14-17H,2-13H2,1H3,(H2,20,21,22);1H. The number of hydrogen-bond acceptors (Lipinski definition) is 4. The summed E-state index contributed by atoms with van der Waals surface area (Å²) in [5, 5.41) is 7.20. The normalized spacial score (nSPS) is 35.0. The molecule has 2 N–H and O–H groups in total. The fourth-order valence-electron chi connectivity index (χ4n) is 5.42. The molecule has 0 bridgehead atoms. The third kappa shape index (κ3) is 4.00. The van der Waals surface area contributed by atoms with Crippen LogP contribution in [-0.4, -0.2) is 64.2 Å². The van der Waals surface area contributed by atoms with E-state index in [1.54, 1.807) is 0 Å². The summed E-state index contributed by atoms with van der Waals surface area (Å²) in [4.78, 5) is 4.45. The van der Waals surface area contributed by atoms with Crippen LogP contribution in [-0.2, 0) is 14.2 Å². The van der Waals surface area contributed by atoms with Crippen LogP contribution >= 0.6 is 24.0 Å². The van der Waals surface area contributed by atoms with E-state index in [2.05, 4.69) is 15.6 Å². The minimum absolute atomic E-state index is 0. The highest BCUT2D eigenvalue weighted by atomic mass is 127. The van der Waals surface area contributed by atoms with Crippen molar-refractivity contribution < 1.29 is 14.2 Å². The van der Waals surface area contributed by atoms with Gasteiger partial charge in [-0.05, 0) is 32.1 Å². The van der Waals surface area contributed by atoms with Gasteiger partial charge in [0.15, 0.2) is 5.96 Å². The molecule has 26 heavy (non-hydrogen) atoms. The van der Waals surface area contributed by atoms with Crippen LogP contribution in [0.4, 0.5) is 0 Å². The van der Waals surface area contributed by atoms with Crippen LogP contribution in [0.1, 0.15) is 44.9 Å². The lowest BCUT2D eigenvalue weighted by molar-refractivity contribution is -0.125. The highest BCUT2D eigenvalue weighted by molar-refractivity contribution is 14.0. The van der Waals surface area contributed by atoms with E-state index in [1.165, 1.54) is 32.1 Å². The molecule has 2 aliphatic heterocycles. The summed E-state index contributed by atoms with van der Waals surface area (Å²) >= 11 is 0. The van der Waals surface area contributed by atoms with E-state index < -0.39 is 0 Å². The van der Waals surface area contributed by atoms with Crippen molar-refractivity contribution in [3.8, 4) is 0 Å². The predicted octanol–water partition coefficient (Wildman–Crippen LogP) is 2.31. The largest absolute Gasteiger partial charge is 0.379 e. The molecule has 7 heteroatoms. The maximum absolute atomic E-state index is 6.07. The average molecular weight is 479 g/mol. The van der Waals surface area contributed by atoms with E-state index in [-0.39, 0.29) is 24.0 Å². The van der Waals surface area contributed by atoms with Gasteiger partial charge in [0.05, 0.1) is 18.8 Å². The molecule has 1 spiro atoms. The Hall–Kier alpha value is -0.120. The van der Waals surface area contributed by atoms with Crippen molar-refractivity contribution in [2.45, 2.75) is 63.2 Å². The lowest BCUT2D eigenvalue weighted by Gasteiger charge is -2.57. The molecular formula is C19H34IN3O3. The molecule has 6 nitrogen and oxygen atoms in total. The number of guanidine groups is 1. The molecule has 0 aromatic carbocycles. The highest BCUT2D eigenvalue weighted by Crippen LogP contribution is 2.60. The Morgan fingerprint density at radius 3 is 2.81 bits per heavy atom.